The van der Waals surface area contributed by atoms with Gasteiger partial charge in [0.05, 0.1) is 10.6 Å². The number of carbonyl (C=O) groups is 2. The Labute approximate surface area is 155 Å². The van der Waals surface area contributed by atoms with Crippen molar-refractivity contribution in [2.75, 3.05) is 7.05 Å². The molecule has 5 nitrogen and oxygen atoms in total. The minimum atomic E-state index is -0.207. The summed E-state index contributed by atoms with van der Waals surface area (Å²) >= 11 is 11.7. The predicted molar refractivity (Wildman–Crippen MR) is 97.0 cm³/mol. The maximum atomic E-state index is 12.4. The first kappa shape index (κ1) is 17.7. The summed E-state index contributed by atoms with van der Waals surface area (Å²) in [5.74, 6) is -0.262. The molecule has 1 aromatic carbocycles. The van der Waals surface area contributed by atoms with Gasteiger partial charge in [-0.3, -0.25) is 9.59 Å². The summed E-state index contributed by atoms with van der Waals surface area (Å²) in [7, 11) is 1.69. The maximum absolute atomic E-state index is 12.4. The highest BCUT2D eigenvalue weighted by Crippen LogP contribution is 2.21. The quantitative estimate of drug-likeness (QED) is 0.810. The molecule has 1 aromatic heterocycles. The highest BCUT2D eigenvalue weighted by Gasteiger charge is 2.23. The minimum Gasteiger partial charge on any atom is -0.349 e. The van der Waals surface area contributed by atoms with Gasteiger partial charge >= 0.3 is 0 Å². The van der Waals surface area contributed by atoms with Gasteiger partial charge in [0.1, 0.15) is 5.15 Å². The van der Waals surface area contributed by atoms with Crippen LogP contribution in [-0.4, -0.2) is 34.8 Å². The number of halogens is 2. The lowest BCUT2D eigenvalue weighted by molar-refractivity contribution is 0.0784. The van der Waals surface area contributed by atoms with Crippen molar-refractivity contribution in [1.29, 1.82) is 0 Å². The molecule has 1 N–H and O–H groups in total. The number of aromatic nitrogens is 1. The second kappa shape index (κ2) is 7.42. The van der Waals surface area contributed by atoms with Gasteiger partial charge < -0.3 is 10.2 Å². The first-order chi connectivity index (χ1) is 11.9. The Balaban J connectivity index is 1.63. The third-order valence-corrected chi connectivity index (χ3v) is 4.62. The standard InChI is InChI=1S/C18H17Cl2N3O2/c1-23(18(25)13-8-15(19)16(20)21-9-13)10-11-2-4-12(5-3-11)17(24)22-14-6-7-14/h2-5,8-9,14H,6-7,10H2,1H3,(H,22,24). The second-order valence-corrected chi connectivity index (χ2v) is 6.87. The Morgan fingerprint density at radius 3 is 2.48 bits per heavy atom. The van der Waals surface area contributed by atoms with Crippen LogP contribution in [0, 0.1) is 0 Å². The van der Waals surface area contributed by atoms with Crippen LogP contribution in [0.4, 0.5) is 0 Å². The van der Waals surface area contributed by atoms with Crippen molar-refractivity contribution >= 4 is 35.0 Å². The molecule has 0 atom stereocenters. The van der Waals surface area contributed by atoms with E-state index in [1.165, 1.54) is 12.3 Å². The highest BCUT2D eigenvalue weighted by atomic mass is 35.5. The molecule has 1 heterocycles. The third-order valence-electron chi connectivity index (χ3n) is 3.94. The molecule has 1 aliphatic rings. The monoisotopic (exact) mass is 377 g/mol. The average Bonchev–Trinajstić information content (AvgIpc) is 3.41. The minimum absolute atomic E-state index is 0.0552. The summed E-state index contributed by atoms with van der Waals surface area (Å²) in [4.78, 5) is 29.9. The first-order valence-electron chi connectivity index (χ1n) is 7.90. The van der Waals surface area contributed by atoms with E-state index in [2.05, 4.69) is 10.3 Å². The number of amides is 2. The van der Waals surface area contributed by atoms with Gasteiger partial charge in [-0.25, -0.2) is 4.98 Å². The van der Waals surface area contributed by atoms with Crippen molar-refractivity contribution < 1.29 is 9.59 Å². The number of nitrogens with zero attached hydrogens (tertiary/aromatic N) is 2. The van der Waals surface area contributed by atoms with Crippen LogP contribution >= 0.6 is 23.2 Å². The molecule has 0 aliphatic heterocycles. The summed E-state index contributed by atoms with van der Waals surface area (Å²) in [6.45, 7) is 0.406. The number of rotatable bonds is 5. The number of benzene rings is 1. The zero-order valence-electron chi connectivity index (χ0n) is 13.6. The van der Waals surface area contributed by atoms with E-state index in [0.717, 1.165) is 18.4 Å². The summed E-state index contributed by atoms with van der Waals surface area (Å²) in [6.07, 6.45) is 3.51. The number of carbonyl (C=O) groups excluding carboxylic acids is 2. The van der Waals surface area contributed by atoms with Gasteiger partial charge in [-0.1, -0.05) is 35.3 Å². The third kappa shape index (κ3) is 4.50. The molecule has 0 saturated heterocycles. The molecule has 3 rings (SSSR count). The van der Waals surface area contributed by atoms with Gasteiger partial charge in [0.25, 0.3) is 11.8 Å². The molecule has 1 saturated carbocycles. The van der Waals surface area contributed by atoms with E-state index in [1.54, 1.807) is 24.1 Å². The van der Waals surface area contributed by atoms with Crippen molar-refractivity contribution in [3.05, 3.63) is 63.4 Å². The lowest BCUT2D eigenvalue weighted by atomic mass is 10.1. The zero-order valence-corrected chi connectivity index (χ0v) is 15.1. The number of pyridine rings is 1. The number of hydrogen-bond donors (Lipinski definition) is 1. The fraction of sp³-hybridized carbons (Fsp3) is 0.278. The summed E-state index contributed by atoms with van der Waals surface area (Å²) in [5, 5.41) is 3.36. The van der Waals surface area contributed by atoms with Crippen molar-refractivity contribution in [2.45, 2.75) is 25.4 Å². The van der Waals surface area contributed by atoms with Gasteiger partial charge in [-0.15, -0.1) is 0 Å². The van der Waals surface area contributed by atoms with E-state index < -0.39 is 0 Å². The van der Waals surface area contributed by atoms with Crippen molar-refractivity contribution in [3.63, 3.8) is 0 Å². The predicted octanol–water partition coefficient (Wildman–Crippen LogP) is 3.55. The summed E-state index contributed by atoms with van der Waals surface area (Å²) in [6, 6.07) is 9.06. The molecular formula is C18H17Cl2N3O2. The van der Waals surface area contributed by atoms with Crippen molar-refractivity contribution in [1.82, 2.24) is 15.2 Å². The zero-order chi connectivity index (χ0) is 18.0. The van der Waals surface area contributed by atoms with Crippen LogP contribution in [0.1, 0.15) is 39.1 Å². The molecular weight excluding hydrogens is 361 g/mol. The number of nitrogens with one attached hydrogen (secondary N) is 1. The molecule has 2 amide bonds. The summed E-state index contributed by atoms with van der Waals surface area (Å²) in [5.41, 5.74) is 1.92. The van der Waals surface area contributed by atoms with E-state index in [4.69, 9.17) is 23.2 Å². The fourth-order valence-electron chi connectivity index (χ4n) is 2.36. The van der Waals surface area contributed by atoms with E-state index in [0.29, 0.717) is 23.7 Å². The Hall–Kier alpha value is -2.11. The Morgan fingerprint density at radius 2 is 1.88 bits per heavy atom. The SMILES string of the molecule is CN(Cc1ccc(C(=O)NC2CC2)cc1)C(=O)c1cnc(Cl)c(Cl)c1. The molecule has 1 fully saturated rings. The van der Waals surface area contributed by atoms with Crippen LogP contribution in [-0.2, 0) is 6.54 Å². The average molecular weight is 378 g/mol. The molecule has 130 valence electrons. The van der Waals surface area contributed by atoms with Crippen LogP contribution < -0.4 is 5.32 Å². The Bertz CT molecular complexity index is 804. The van der Waals surface area contributed by atoms with Crippen LogP contribution in [0.3, 0.4) is 0 Å². The van der Waals surface area contributed by atoms with Crippen LogP contribution in [0.25, 0.3) is 0 Å². The van der Waals surface area contributed by atoms with Gasteiger partial charge in [-0.05, 0) is 36.6 Å². The molecule has 0 unspecified atom stereocenters. The molecule has 7 heteroatoms. The molecule has 25 heavy (non-hydrogen) atoms. The molecule has 0 spiro atoms. The topological polar surface area (TPSA) is 62.3 Å². The summed E-state index contributed by atoms with van der Waals surface area (Å²) < 4.78 is 0. The maximum Gasteiger partial charge on any atom is 0.255 e. The molecule has 0 bridgehead atoms. The van der Waals surface area contributed by atoms with Crippen molar-refractivity contribution in [2.24, 2.45) is 0 Å². The fourth-order valence-corrected chi connectivity index (χ4v) is 2.63. The lowest BCUT2D eigenvalue weighted by Crippen LogP contribution is -2.27. The molecule has 1 aliphatic carbocycles. The van der Waals surface area contributed by atoms with Crippen LogP contribution in [0.2, 0.25) is 10.2 Å². The Morgan fingerprint density at radius 1 is 1.20 bits per heavy atom. The van der Waals surface area contributed by atoms with E-state index in [9.17, 15) is 9.59 Å². The van der Waals surface area contributed by atoms with Gasteiger partial charge in [-0.2, -0.15) is 0 Å². The van der Waals surface area contributed by atoms with Crippen LogP contribution in [0.15, 0.2) is 36.5 Å². The molecule has 2 aromatic rings. The number of hydrogen-bond acceptors (Lipinski definition) is 3. The second-order valence-electron chi connectivity index (χ2n) is 6.10. The Kier molecular flexibility index (Phi) is 5.25. The largest absolute Gasteiger partial charge is 0.349 e. The smallest absolute Gasteiger partial charge is 0.255 e. The van der Waals surface area contributed by atoms with E-state index in [1.807, 2.05) is 12.1 Å². The first-order valence-corrected chi connectivity index (χ1v) is 8.66. The lowest BCUT2D eigenvalue weighted by Gasteiger charge is -2.17. The van der Waals surface area contributed by atoms with Gasteiger partial charge in [0.2, 0.25) is 0 Å². The molecule has 0 radical (unpaired) electrons. The highest BCUT2D eigenvalue weighted by molar-refractivity contribution is 6.41. The van der Waals surface area contributed by atoms with Gasteiger partial charge in [0, 0.05) is 31.4 Å². The normalized spacial score (nSPS) is 13.4. The van der Waals surface area contributed by atoms with Crippen LogP contribution in [0.5, 0.6) is 0 Å². The van der Waals surface area contributed by atoms with Gasteiger partial charge in [0.15, 0.2) is 0 Å². The van der Waals surface area contributed by atoms with E-state index >= 15 is 0 Å². The van der Waals surface area contributed by atoms with E-state index in [-0.39, 0.29) is 22.0 Å². The van der Waals surface area contributed by atoms with Crippen molar-refractivity contribution in [3.8, 4) is 0 Å².